The molecule has 2 aromatic rings. The molecule has 0 aromatic heterocycles. The van der Waals surface area contributed by atoms with Crippen molar-refractivity contribution < 1.29 is 14.6 Å². The molecular weight excluding hydrogens is 284 g/mol. The molecule has 1 heterocycles. The van der Waals surface area contributed by atoms with Gasteiger partial charge in [0.05, 0.1) is 13.7 Å². The molecule has 0 amide bonds. The van der Waals surface area contributed by atoms with Crippen LogP contribution in [0.3, 0.4) is 0 Å². The zero-order valence-electron chi connectivity index (χ0n) is 11.9. The van der Waals surface area contributed by atoms with Crippen LogP contribution >= 0.6 is 11.8 Å². The Morgan fingerprint density at radius 1 is 1.24 bits per heavy atom. The van der Waals surface area contributed by atoms with Gasteiger partial charge in [-0.3, -0.25) is 0 Å². The molecule has 0 aliphatic carbocycles. The van der Waals surface area contributed by atoms with E-state index in [1.165, 1.54) is 10.5 Å². The second-order valence-corrected chi connectivity index (χ2v) is 6.34. The molecule has 0 saturated heterocycles. The number of fused-ring (bicyclic) bond motifs is 1. The van der Waals surface area contributed by atoms with E-state index in [9.17, 15) is 5.11 Å². The van der Waals surface area contributed by atoms with Crippen LogP contribution in [-0.4, -0.2) is 24.1 Å². The molecule has 1 unspecified atom stereocenters. The third kappa shape index (κ3) is 3.17. The van der Waals surface area contributed by atoms with Gasteiger partial charge in [-0.2, -0.15) is 0 Å². The maximum atomic E-state index is 9.39. The van der Waals surface area contributed by atoms with Crippen LogP contribution in [0.25, 0.3) is 0 Å². The van der Waals surface area contributed by atoms with Crippen molar-refractivity contribution >= 4 is 11.8 Å². The summed E-state index contributed by atoms with van der Waals surface area (Å²) in [6.07, 6.45) is 1.03. The predicted molar refractivity (Wildman–Crippen MR) is 84.2 cm³/mol. The minimum atomic E-state index is -0.0304. The minimum Gasteiger partial charge on any atom is -0.497 e. The minimum absolute atomic E-state index is 0.0304. The number of aliphatic hydroxyl groups is 1. The van der Waals surface area contributed by atoms with Gasteiger partial charge in [0.25, 0.3) is 0 Å². The molecule has 4 heteroatoms. The number of benzene rings is 2. The lowest BCUT2D eigenvalue weighted by atomic mass is 10.1. The fourth-order valence-electron chi connectivity index (χ4n) is 2.46. The van der Waals surface area contributed by atoms with E-state index in [0.29, 0.717) is 17.6 Å². The zero-order valence-corrected chi connectivity index (χ0v) is 12.7. The van der Waals surface area contributed by atoms with E-state index in [1.807, 2.05) is 30.0 Å². The van der Waals surface area contributed by atoms with Gasteiger partial charge in [-0.15, -0.1) is 11.8 Å². The Morgan fingerprint density at radius 3 is 2.86 bits per heavy atom. The summed E-state index contributed by atoms with van der Waals surface area (Å²) in [6.45, 7) is 0.594. The number of thioether (sulfide) groups is 1. The molecule has 0 saturated carbocycles. The molecule has 21 heavy (non-hydrogen) atoms. The van der Waals surface area contributed by atoms with E-state index < -0.39 is 0 Å². The summed E-state index contributed by atoms with van der Waals surface area (Å²) in [5, 5.41) is 9.81. The van der Waals surface area contributed by atoms with Crippen molar-refractivity contribution in [3.63, 3.8) is 0 Å². The molecule has 110 valence electrons. The van der Waals surface area contributed by atoms with E-state index in [0.717, 1.165) is 17.7 Å². The Morgan fingerprint density at radius 2 is 2.10 bits per heavy atom. The highest BCUT2D eigenvalue weighted by Crippen LogP contribution is 2.37. The second kappa shape index (κ2) is 6.41. The topological polar surface area (TPSA) is 38.7 Å². The highest BCUT2D eigenvalue weighted by atomic mass is 32.2. The average Bonchev–Trinajstić information content (AvgIpc) is 2.95. The van der Waals surface area contributed by atoms with Crippen molar-refractivity contribution in [1.29, 1.82) is 0 Å². The largest absolute Gasteiger partial charge is 0.497 e. The Bertz CT molecular complexity index is 602. The molecule has 0 bridgehead atoms. The summed E-state index contributed by atoms with van der Waals surface area (Å²) in [5.41, 5.74) is 2.18. The maximum Gasteiger partial charge on any atom is 0.128 e. The molecule has 2 aromatic carbocycles. The summed E-state index contributed by atoms with van der Waals surface area (Å²) < 4.78 is 11.1. The van der Waals surface area contributed by atoms with E-state index >= 15 is 0 Å². The summed E-state index contributed by atoms with van der Waals surface area (Å²) >= 11 is 1.86. The third-order valence-electron chi connectivity index (χ3n) is 3.58. The van der Waals surface area contributed by atoms with Gasteiger partial charge in [0.15, 0.2) is 0 Å². The Kier molecular flexibility index (Phi) is 4.36. The lowest BCUT2D eigenvalue weighted by Crippen LogP contribution is -2.14. The predicted octanol–water partition coefficient (Wildman–Crippen LogP) is 3.28. The molecule has 1 aliphatic rings. The monoisotopic (exact) mass is 302 g/mol. The molecule has 1 atom stereocenters. The van der Waals surface area contributed by atoms with Gasteiger partial charge in [-0.05, 0) is 30.2 Å². The Balaban J connectivity index is 1.66. The van der Waals surface area contributed by atoms with Crippen LogP contribution in [-0.2, 0) is 13.0 Å². The van der Waals surface area contributed by atoms with Crippen LogP contribution in [0.4, 0.5) is 0 Å². The molecule has 1 N–H and O–H groups in total. The van der Waals surface area contributed by atoms with Gasteiger partial charge < -0.3 is 14.6 Å². The van der Waals surface area contributed by atoms with Crippen LogP contribution in [0.2, 0.25) is 0 Å². The summed E-state index contributed by atoms with van der Waals surface area (Å²) in [4.78, 5) is 1.35. The lowest BCUT2D eigenvalue weighted by molar-refractivity contribution is 0.262. The van der Waals surface area contributed by atoms with E-state index in [-0.39, 0.29) is 6.61 Å². The van der Waals surface area contributed by atoms with Gasteiger partial charge in [-0.25, -0.2) is 0 Å². The first-order chi connectivity index (χ1) is 10.3. The van der Waals surface area contributed by atoms with Crippen molar-refractivity contribution in [3.05, 3.63) is 53.6 Å². The van der Waals surface area contributed by atoms with Gasteiger partial charge in [-0.1, -0.05) is 18.2 Å². The highest BCUT2D eigenvalue weighted by Gasteiger charge is 2.22. The SMILES string of the molecule is COc1ccc(CO)c(OCC2Cc3ccccc3S2)c1. The van der Waals surface area contributed by atoms with Crippen molar-refractivity contribution in [3.8, 4) is 11.5 Å². The molecule has 3 rings (SSSR count). The first-order valence-electron chi connectivity index (χ1n) is 6.95. The smallest absolute Gasteiger partial charge is 0.128 e. The average molecular weight is 302 g/mol. The van der Waals surface area contributed by atoms with E-state index in [4.69, 9.17) is 9.47 Å². The number of ether oxygens (including phenoxy) is 2. The van der Waals surface area contributed by atoms with Gasteiger partial charge in [0.1, 0.15) is 18.1 Å². The van der Waals surface area contributed by atoms with Crippen LogP contribution in [0.15, 0.2) is 47.4 Å². The van der Waals surface area contributed by atoms with Crippen molar-refractivity contribution in [2.24, 2.45) is 0 Å². The molecule has 0 spiro atoms. The Hall–Kier alpha value is -1.65. The van der Waals surface area contributed by atoms with Crippen molar-refractivity contribution in [2.45, 2.75) is 23.2 Å². The normalized spacial score (nSPS) is 16.6. The lowest BCUT2D eigenvalue weighted by Gasteiger charge is -2.14. The van der Waals surface area contributed by atoms with Gasteiger partial charge in [0, 0.05) is 21.8 Å². The number of aliphatic hydroxyl groups excluding tert-OH is 1. The van der Waals surface area contributed by atoms with E-state index in [1.54, 1.807) is 7.11 Å². The molecule has 0 fully saturated rings. The third-order valence-corrected chi connectivity index (χ3v) is 4.87. The quantitative estimate of drug-likeness (QED) is 0.920. The number of methoxy groups -OCH3 is 1. The van der Waals surface area contributed by atoms with Gasteiger partial charge in [0.2, 0.25) is 0 Å². The highest BCUT2D eigenvalue weighted by molar-refractivity contribution is 8.00. The fourth-order valence-corrected chi connectivity index (χ4v) is 3.67. The summed E-state index contributed by atoms with van der Waals surface area (Å²) in [5.74, 6) is 1.44. The van der Waals surface area contributed by atoms with Crippen LogP contribution in [0, 0.1) is 0 Å². The first-order valence-corrected chi connectivity index (χ1v) is 7.83. The molecular formula is C17H18O3S. The van der Waals surface area contributed by atoms with Crippen LogP contribution < -0.4 is 9.47 Å². The van der Waals surface area contributed by atoms with Crippen LogP contribution in [0.1, 0.15) is 11.1 Å². The van der Waals surface area contributed by atoms with Gasteiger partial charge >= 0.3 is 0 Å². The van der Waals surface area contributed by atoms with Crippen molar-refractivity contribution in [1.82, 2.24) is 0 Å². The number of rotatable bonds is 5. The fraction of sp³-hybridized carbons (Fsp3) is 0.294. The van der Waals surface area contributed by atoms with Crippen LogP contribution in [0.5, 0.6) is 11.5 Å². The maximum absolute atomic E-state index is 9.39. The van der Waals surface area contributed by atoms with Crippen molar-refractivity contribution in [2.75, 3.05) is 13.7 Å². The molecule has 1 aliphatic heterocycles. The first kappa shape index (κ1) is 14.3. The standard InChI is InChI=1S/C17H18O3S/c1-19-14-7-6-13(10-18)16(9-14)20-11-15-8-12-4-2-3-5-17(12)21-15/h2-7,9,15,18H,8,10-11H2,1H3. The Labute approximate surface area is 128 Å². The summed E-state index contributed by atoms with van der Waals surface area (Å²) in [7, 11) is 1.63. The second-order valence-electron chi connectivity index (χ2n) is 4.99. The van der Waals surface area contributed by atoms with E-state index in [2.05, 4.69) is 24.3 Å². The number of hydrogen-bond donors (Lipinski definition) is 1. The zero-order chi connectivity index (χ0) is 14.7. The number of hydrogen-bond acceptors (Lipinski definition) is 4. The summed E-state index contributed by atoms with van der Waals surface area (Å²) in [6, 6.07) is 14.0. The molecule has 3 nitrogen and oxygen atoms in total. The molecule has 0 radical (unpaired) electrons.